The Morgan fingerprint density at radius 1 is 1.56 bits per heavy atom. The Labute approximate surface area is 107 Å². The third-order valence-corrected chi connectivity index (χ3v) is 4.61. The standard InChI is InChI=1S/C10H18N4O3S/c1-13-7-5-10(11-13)12-18(16,17)14-6-3-2-4-9(14)8-15/h5,7,9,15H,2-4,6,8H2,1H3,(H,11,12). The molecule has 7 nitrogen and oxygen atoms in total. The first kappa shape index (κ1) is 13.3. The molecule has 1 atom stereocenters. The van der Waals surface area contributed by atoms with E-state index in [0.717, 1.165) is 12.8 Å². The number of anilines is 1. The number of aliphatic hydroxyl groups excluding tert-OH is 1. The van der Waals surface area contributed by atoms with Gasteiger partial charge in [-0.05, 0) is 12.8 Å². The van der Waals surface area contributed by atoms with Gasteiger partial charge in [0.25, 0.3) is 0 Å². The van der Waals surface area contributed by atoms with E-state index < -0.39 is 10.2 Å². The van der Waals surface area contributed by atoms with E-state index in [1.807, 2.05) is 0 Å². The van der Waals surface area contributed by atoms with Gasteiger partial charge in [-0.2, -0.15) is 17.8 Å². The molecule has 2 rings (SSSR count). The zero-order valence-corrected chi connectivity index (χ0v) is 11.1. The van der Waals surface area contributed by atoms with Crippen LogP contribution in [0, 0.1) is 0 Å². The van der Waals surface area contributed by atoms with Crippen molar-refractivity contribution in [3.05, 3.63) is 12.3 Å². The average Bonchev–Trinajstić information content (AvgIpc) is 2.74. The predicted octanol–water partition coefficient (Wildman–Crippen LogP) is -0.0764. The van der Waals surface area contributed by atoms with Crippen LogP contribution in [0.3, 0.4) is 0 Å². The van der Waals surface area contributed by atoms with Gasteiger partial charge in [0.15, 0.2) is 5.82 Å². The lowest BCUT2D eigenvalue weighted by atomic mass is 10.1. The SMILES string of the molecule is Cn1ccc(NS(=O)(=O)N2CCCCC2CO)n1. The molecule has 0 bridgehead atoms. The Morgan fingerprint density at radius 2 is 2.33 bits per heavy atom. The van der Waals surface area contributed by atoms with Crippen LogP contribution in [0.5, 0.6) is 0 Å². The summed E-state index contributed by atoms with van der Waals surface area (Å²) in [6.45, 7) is 0.288. The van der Waals surface area contributed by atoms with Gasteiger partial charge in [0.05, 0.1) is 6.61 Å². The first-order valence-electron chi connectivity index (χ1n) is 5.93. The van der Waals surface area contributed by atoms with E-state index in [-0.39, 0.29) is 12.6 Å². The average molecular weight is 274 g/mol. The van der Waals surface area contributed by atoms with Crippen molar-refractivity contribution < 1.29 is 13.5 Å². The highest BCUT2D eigenvalue weighted by molar-refractivity contribution is 7.90. The van der Waals surface area contributed by atoms with E-state index in [4.69, 9.17) is 0 Å². The lowest BCUT2D eigenvalue weighted by Crippen LogP contribution is -2.47. The molecule has 0 aliphatic carbocycles. The van der Waals surface area contributed by atoms with Crippen LogP contribution < -0.4 is 4.72 Å². The second-order valence-corrected chi connectivity index (χ2v) is 6.05. The fourth-order valence-electron chi connectivity index (χ4n) is 2.13. The number of aliphatic hydroxyl groups is 1. The summed E-state index contributed by atoms with van der Waals surface area (Å²) in [5.74, 6) is 0.291. The smallest absolute Gasteiger partial charge is 0.303 e. The van der Waals surface area contributed by atoms with Crippen molar-refractivity contribution in [1.29, 1.82) is 0 Å². The Kier molecular flexibility index (Phi) is 3.88. The van der Waals surface area contributed by atoms with Crippen molar-refractivity contribution in [2.24, 2.45) is 7.05 Å². The summed E-state index contributed by atoms with van der Waals surface area (Å²) in [7, 11) is -1.92. The van der Waals surface area contributed by atoms with E-state index in [9.17, 15) is 13.5 Å². The summed E-state index contributed by atoms with van der Waals surface area (Å²) in [6.07, 6.45) is 4.12. The van der Waals surface area contributed by atoms with Gasteiger partial charge in [-0.3, -0.25) is 9.40 Å². The molecule has 18 heavy (non-hydrogen) atoms. The molecule has 1 aromatic rings. The summed E-state index contributed by atoms with van der Waals surface area (Å²) < 4.78 is 29.7. The fourth-order valence-corrected chi connectivity index (χ4v) is 3.56. The number of nitrogens with zero attached hydrogens (tertiary/aromatic N) is 3. The van der Waals surface area contributed by atoms with Crippen LogP contribution in [0.15, 0.2) is 12.3 Å². The van der Waals surface area contributed by atoms with Gasteiger partial charge in [0.1, 0.15) is 0 Å². The minimum absolute atomic E-state index is 0.150. The minimum atomic E-state index is -3.64. The highest BCUT2D eigenvalue weighted by Gasteiger charge is 2.32. The molecule has 1 unspecified atom stereocenters. The third-order valence-electron chi connectivity index (χ3n) is 3.04. The fraction of sp³-hybridized carbons (Fsp3) is 0.700. The second-order valence-electron chi connectivity index (χ2n) is 4.42. The number of rotatable bonds is 4. The zero-order valence-electron chi connectivity index (χ0n) is 10.3. The third kappa shape index (κ3) is 2.82. The molecule has 1 aromatic heterocycles. The summed E-state index contributed by atoms with van der Waals surface area (Å²) in [5, 5.41) is 13.2. The number of nitrogens with one attached hydrogen (secondary N) is 1. The van der Waals surface area contributed by atoms with Gasteiger partial charge < -0.3 is 5.11 Å². The zero-order chi connectivity index (χ0) is 13.2. The maximum absolute atomic E-state index is 12.2. The lowest BCUT2D eigenvalue weighted by Gasteiger charge is -2.33. The van der Waals surface area contributed by atoms with Crippen molar-refractivity contribution in [3.8, 4) is 0 Å². The molecule has 0 spiro atoms. The minimum Gasteiger partial charge on any atom is -0.395 e. The molecule has 1 saturated heterocycles. The quantitative estimate of drug-likeness (QED) is 0.804. The number of hydrogen-bond donors (Lipinski definition) is 2. The van der Waals surface area contributed by atoms with Crippen molar-refractivity contribution in [1.82, 2.24) is 14.1 Å². The summed E-state index contributed by atoms with van der Waals surface area (Å²) in [6, 6.07) is 1.26. The Morgan fingerprint density at radius 3 is 2.94 bits per heavy atom. The van der Waals surface area contributed by atoms with Crippen LogP contribution in [0.25, 0.3) is 0 Å². The van der Waals surface area contributed by atoms with E-state index in [1.54, 1.807) is 19.3 Å². The maximum atomic E-state index is 12.2. The molecule has 102 valence electrons. The Hall–Kier alpha value is -1.12. The Bertz CT molecular complexity index is 499. The molecule has 0 radical (unpaired) electrons. The van der Waals surface area contributed by atoms with Crippen molar-refractivity contribution >= 4 is 16.0 Å². The maximum Gasteiger partial charge on any atom is 0.303 e. The molecule has 1 aliphatic rings. The van der Waals surface area contributed by atoms with Crippen LogP contribution in [-0.4, -0.2) is 46.8 Å². The van der Waals surface area contributed by atoms with E-state index in [2.05, 4.69) is 9.82 Å². The first-order valence-corrected chi connectivity index (χ1v) is 7.37. The van der Waals surface area contributed by atoms with E-state index >= 15 is 0 Å². The van der Waals surface area contributed by atoms with Gasteiger partial charge in [-0.25, -0.2) is 0 Å². The summed E-state index contributed by atoms with van der Waals surface area (Å²) in [5.41, 5.74) is 0. The normalized spacial score (nSPS) is 22.0. The van der Waals surface area contributed by atoms with Gasteiger partial charge >= 0.3 is 10.2 Å². The summed E-state index contributed by atoms with van der Waals surface area (Å²) in [4.78, 5) is 0. The first-order chi connectivity index (χ1) is 8.53. The monoisotopic (exact) mass is 274 g/mol. The molecular weight excluding hydrogens is 256 g/mol. The van der Waals surface area contributed by atoms with Crippen molar-refractivity contribution in [2.45, 2.75) is 25.3 Å². The van der Waals surface area contributed by atoms with E-state index in [0.29, 0.717) is 18.8 Å². The molecule has 0 aromatic carbocycles. The Balaban J connectivity index is 2.14. The highest BCUT2D eigenvalue weighted by Crippen LogP contribution is 2.21. The van der Waals surface area contributed by atoms with Crippen LogP contribution >= 0.6 is 0 Å². The molecule has 0 amide bonds. The molecule has 2 heterocycles. The number of piperidine rings is 1. The van der Waals surface area contributed by atoms with Gasteiger partial charge in [-0.15, -0.1) is 0 Å². The van der Waals surface area contributed by atoms with Crippen LogP contribution in [0.2, 0.25) is 0 Å². The number of aromatic nitrogens is 2. The van der Waals surface area contributed by atoms with Crippen LogP contribution in [-0.2, 0) is 17.3 Å². The largest absolute Gasteiger partial charge is 0.395 e. The van der Waals surface area contributed by atoms with Crippen molar-refractivity contribution in [3.63, 3.8) is 0 Å². The number of aryl methyl sites for hydroxylation is 1. The van der Waals surface area contributed by atoms with Gasteiger partial charge in [0, 0.05) is 31.9 Å². The van der Waals surface area contributed by atoms with Crippen LogP contribution in [0.1, 0.15) is 19.3 Å². The molecule has 1 aliphatic heterocycles. The molecule has 2 N–H and O–H groups in total. The highest BCUT2D eigenvalue weighted by atomic mass is 32.2. The van der Waals surface area contributed by atoms with E-state index in [1.165, 1.54) is 8.99 Å². The topological polar surface area (TPSA) is 87.5 Å². The predicted molar refractivity (Wildman–Crippen MR) is 67.2 cm³/mol. The van der Waals surface area contributed by atoms with Crippen LogP contribution in [0.4, 0.5) is 5.82 Å². The van der Waals surface area contributed by atoms with Gasteiger partial charge in [-0.1, -0.05) is 6.42 Å². The molecule has 8 heteroatoms. The lowest BCUT2D eigenvalue weighted by molar-refractivity contribution is 0.156. The number of hydrogen-bond acceptors (Lipinski definition) is 4. The molecule has 1 fully saturated rings. The molecule has 0 saturated carbocycles. The second kappa shape index (κ2) is 5.25. The van der Waals surface area contributed by atoms with Crippen molar-refractivity contribution in [2.75, 3.05) is 17.9 Å². The molecular formula is C10H18N4O3S. The van der Waals surface area contributed by atoms with Gasteiger partial charge in [0.2, 0.25) is 0 Å². The summed E-state index contributed by atoms with van der Waals surface area (Å²) >= 11 is 0.